The lowest BCUT2D eigenvalue weighted by molar-refractivity contribution is -0.116. The summed E-state index contributed by atoms with van der Waals surface area (Å²) in [5, 5.41) is 5.85. The highest BCUT2D eigenvalue weighted by Crippen LogP contribution is 2.36. The lowest BCUT2D eigenvalue weighted by Gasteiger charge is -2.16. The Morgan fingerprint density at radius 3 is 2.00 bits per heavy atom. The monoisotopic (exact) mass is 517 g/mol. The fourth-order valence-electron chi connectivity index (χ4n) is 3.09. The maximum Gasteiger partial charge on any atom is 0.255 e. The number of ether oxygens (including phenoxy) is 2. The zero-order valence-electron chi connectivity index (χ0n) is 19.0. The summed E-state index contributed by atoms with van der Waals surface area (Å²) in [5.41, 5.74) is 1.12. The van der Waals surface area contributed by atoms with Gasteiger partial charge < -0.3 is 20.1 Å². The van der Waals surface area contributed by atoms with Gasteiger partial charge in [0.05, 0.1) is 30.5 Å². The quantitative estimate of drug-likeness (QED) is 0.374. The molecular weight excluding hydrogens is 494 g/mol. The number of carbonyl (C=O) groups excluding carboxylic acids is 2. The Balaban J connectivity index is 1.66. The number of carbonyl (C=O) groups is 2. The summed E-state index contributed by atoms with van der Waals surface area (Å²) in [5.74, 6) is -0.209. The van der Waals surface area contributed by atoms with E-state index in [0.717, 1.165) is 0 Å². The molecule has 0 heterocycles. The van der Waals surface area contributed by atoms with Crippen molar-refractivity contribution in [3.05, 3.63) is 77.3 Å². The summed E-state index contributed by atoms with van der Waals surface area (Å²) in [7, 11) is -0.938. The SMILES string of the molecule is COc1cc(NC(=O)c2ccccc2)c(OC)cc1NC(=O)CCNS(=O)(=O)c1ccc(Cl)cc1. The molecule has 0 aliphatic carbocycles. The van der Waals surface area contributed by atoms with Gasteiger partial charge in [0.1, 0.15) is 11.5 Å². The fourth-order valence-corrected chi connectivity index (χ4v) is 4.24. The van der Waals surface area contributed by atoms with Crippen LogP contribution in [0.2, 0.25) is 5.02 Å². The van der Waals surface area contributed by atoms with E-state index in [-0.39, 0.29) is 29.5 Å². The molecule has 0 aliphatic rings. The summed E-state index contributed by atoms with van der Waals surface area (Å²) in [6.07, 6.45) is -0.134. The first-order valence-corrected chi connectivity index (χ1v) is 12.3. The molecule has 0 saturated carbocycles. The smallest absolute Gasteiger partial charge is 0.255 e. The van der Waals surface area contributed by atoms with E-state index in [0.29, 0.717) is 27.7 Å². The van der Waals surface area contributed by atoms with Gasteiger partial charge in [-0.3, -0.25) is 9.59 Å². The van der Waals surface area contributed by atoms with Gasteiger partial charge >= 0.3 is 0 Å². The van der Waals surface area contributed by atoms with Crippen LogP contribution < -0.4 is 24.8 Å². The lowest BCUT2D eigenvalue weighted by Crippen LogP contribution is -2.27. The molecule has 35 heavy (non-hydrogen) atoms. The second kappa shape index (κ2) is 11.7. The molecule has 9 nitrogen and oxygen atoms in total. The summed E-state index contributed by atoms with van der Waals surface area (Å²) < 4.78 is 37.8. The normalized spacial score (nSPS) is 10.9. The molecule has 11 heteroatoms. The molecule has 0 radical (unpaired) electrons. The molecular formula is C24H24ClN3O6S. The summed E-state index contributed by atoms with van der Waals surface area (Å²) >= 11 is 5.79. The van der Waals surface area contributed by atoms with Gasteiger partial charge in [0.2, 0.25) is 15.9 Å². The van der Waals surface area contributed by atoms with E-state index in [9.17, 15) is 18.0 Å². The van der Waals surface area contributed by atoms with E-state index in [2.05, 4.69) is 15.4 Å². The van der Waals surface area contributed by atoms with E-state index in [1.165, 1.54) is 50.6 Å². The van der Waals surface area contributed by atoms with Crippen molar-refractivity contribution in [3.63, 3.8) is 0 Å². The number of hydrogen-bond donors (Lipinski definition) is 3. The lowest BCUT2D eigenvalue weighted by atomic mass is 10.2. The van der Waals surface area contributed by atoms with Crippen LogP contribution in [0.1, 0.15) is 16.8 Å². The van der Waals surface area contributed by atoms with Crippen LogP contribution in [0.3, 0.4) is 0 Å². The molecule has 0 unspecified atom stereocenters. The van der Waals surface area contributed by atoms with Crippen molar-refractivity contribution in [1.29, 1.82) is 0 Å². The molecule has 184 valence electrons. The second-order valence-corrected chi connectivity index (χ2v) is 9.43. The van der Waals surface area contributed by atoms with E-state index < -0.39 is 15.9 Å². The van der Waals surface area contributed by atoms with Crippen LogP contribution in [-0.4, -0.2) is 41.0 Å². The molecule has 3 aromatic carbocycles. The van der Waals surface area contributed by atoms with E-state index in [4.69, 9.17) is 21.1 Å². The van der Waals surface area contributed by atoms with Crippen molar-refractivity contribution >= 4 is 44.8 Å². The predicted octanol–water partition coefficient (Wildman–Crippen LogP) is 3.92. The summed E-state index contributed by atoms with van der Waals surface area (Å²) in [6, 6.07) is 17.4. The van der Waals surface area contributed by atoms with E-state index in [1.807, 2.05) is 0 Å². The predicted molar refractivity (Wildman–Crippen MR) is 134 cm³/mol. The molecule has 0 saturated heterocycles. The number of amides is 2. The van der Waals surface area contributed by atoms with Crippen LogP contribution in [0.25, 0.3) is 0 Å². The Kier molecular flexibility index (Phi) is 8.69. The average Bonchev–Trinajstić information content (AvgIpc) is 2.85. The number of hydrogen-bond acceptors (Lipinski definition) is 6. The minimum absolute atomic E-state index is 0.0434. The first kappa shape index (κ1) is 26.0. The van der Waals surface area contributed by atoms with Gasteiger partial charge in [-0.1, -0.05) is 29.8 Å². The number of sulfonamides is 1. The maximum atomic E-state index is 12.5. The highest BCUT2D eigenvalue weighted by molar-refractivity contribution is 7.89. The Labute approximate surface area is 208 Å². The molecule has 0 fully saturated rings. The Morgan fingerprint density at radius 1 is 0.857 bits per heavy atom. The number of halogens is 1. The van der Waals surface area contributed by atoms with Crippen LogP contribution in [0.15, 0.2) is 71.6 Å². The zero-order chi connectivity index (χ0) is 25.4. The van der Waals surface area contributed by atoms with Crippen molar-refractivity contribution in [2.75, 3.05) is 31.4 Å². The number of benzene rings is 3. The third-order valence-electron chi connectivity index (χ3n) is 4.85. The molecule has 0 aliphatic heterocycles. The van der Waals surface area contributed by atoms with Crippen LogP contribution in [0.4, 0.5) is 11.4 Å². The number of methoxy groups -OCH3 is 2. The van der Waals surface area contributed by atoms with Crippen LogP contribution in [0.5, 0.6) is 11.5 Å². The van der Waals surface area contributed by atoms with Crippen molar-refractivity contribution in [2.24, 2.45) is 0 Å². The van der Waals surface area contributed by atoms with Crippen LogP contribution in [-0.2, 0) is 14.8 Å². The molecule has 3 N–H and O–H groups in total. The van der Waals surface area contributed by atoms with Gasteiger partial charge in [0, 0.05) is 35.7 Å². The van der Waals surface area contributed by atoms with Gasteiger partial charge in [0.25, 0.3) is 5.91 Å². The Bertz CT molecular complexity index is 1300. The van der Waals surface area contributed by atoms with Crippen molar-refractivity contribution < 1.29 is 27.5 Å². The van der Waals surface area contributed by atoms with E-state index >= 15 is 0 Å². The van der Waals surface area contributed by atoms with Gasteiger partial charge in [-0.15, -0.1) is 0 Å². The molecule has 0 atom stereocenters. The van der Waals surface area contributed by atoms with Crippen molar-refractivity contribution in [3.8, 4) is 11.5 Å². The van der Waals surface area contributed by atoms with Crippen LogP contribution >= 0.6 is 11.6 Å². The van der Waals surface area contributed by atoms with Gasteiger partial charge in [0.15, 0.2) is 0 Å². The van der Waals surface area contributed by atoms with Crippen molar-refractivity contribution in [1.82, 2.24) is 4.72 Å². The molecule has 3 rings (SSSR count). The van der Waals surface area contributed by atoms with Gasteiger partial charge in [-0.2, -0.15) is 0 Å². The largest absolute Gasteiger partial charge is 0.494 e. The molecule has 0 spiro atoms. The average molecular weight is 518 g/mol. The highest BCUT2D eigenvalue weighted by Gasteiger charge is 2.17. The Hall–Kier alpha value is -3.60. The number of rotatable bonds is 10. The third-order valence-corrected chi connectivity index (χ3v) is 6.58. The Morgan fingerprint density at radius 2 is 1.43 bits per heavy atom. The summed E-state index contributed by atoms with van der Waals surface area (Å²) in [6.45, 7) is -0.124. The molecule has 2 amide bonds. The minimum Gasteiger partial charge on any atom is -0.494 e. The summed E-state index contributed by atoms with van der Waals surface area (Å²) in [4.78, 5) is 25.0. The minimum atomic E-state index is -3.78. The zero-order valence-corrected chi connectivity index (χ0v) is 20.6. The number of anilines is 2. The van der Waals surface area contributed by atoms with Gasteiger partial charge in [-0.05, 0) is 36.4 Å². The first-order valence-electron chi connectivity index (χ1n) is 10.4. The highest BCUT2D eigenvalue weighted by atomic mass is 35.5. The third kappa shape index (κ3) is 6.95. The molecule has 0 bridgehead atoms. The van der Waals surface area contributed by atoms with Gasteiger partial charge in [-0.25, -0.2) is 13.1 Å². The van der Waals surface area contributed by atoms with E-state index in [1.54, 1.807) is 30.3 Å². The first-order chi connectivity index (χ1) is 16.7. The molecule has 0 aromatic heterocycles. The standard InChI is InChI=1S/C24H24ClN3O6S/c1-33-21-15-20(28-24(30)16-6-4-3-5-7-16)22(34-2)14-19(21)27-23(29)12-13-26-35(31,32)18-10-8-17(25)9-11-18/h3-11,14-15,26H,12-13H2,1-2H3,(H,27,29)(H,28,30). The van der Waals surface area contributed by atoms with Crippen molar-refractivity contribution in [2.45, 2.75) is 11.3 Å². The molecule has 3 aromatic rings. The van der Waals surface area contributed by atoms with Crippen LogP contribution in [0, 0.1) is 0 Å². The topological polar surface area (TPSA) is 123 Å². The fraction of sp³-hybridized carbons (Fsp3) is 0.167. The number of nitrogens with one attached hydrogen (secondary N) is 3. The maximum absolute atomic E-state index is 12.5. The second-order valence-electron chi connectivity index (χ2n) is 7.22.